The molecule has 5 rings (SSSR count). The Hall–Kier alpha value is -3.64. The molecule has 0 fully saturated rings. The van der Waals surface area contributed by atoms with Gasteiger partial charge in [0.1, 0.15) is 0 Å². The van der Waals surface area contributed by atoms with Gasteiger partial charge in [-0.25, -0.2) is 4.79 Å². The van der Waals surface area contributed by atoms with Gasteiger partial charge in [0.15, 0.2) is 0 Å². The normalized spacial score (nSPS) is 17.5. The summed E-state index contributed by atoms with van der Waals surface area (Å²) in [6.07, 6.45) is 8.62. The number of aromatic nitrogens is 1. The van der Waals surface area contributed by atoms with Gasteiger partial charge < -0.3 is 20.2 Å². The molecule has 6 nitrogen and oxygen atoms in total. The number of carboxylic acid groups (broad SMARTS) is 1. The van der Waals surface area contributed by atoms with Gasteiger partial charge >= 0.3 is 5.97 Å². The van der Waals surface area contributed by atoms with E-state index in [1.165, 1.54) is 45.9 Å². The lowest BCUT2D eigenvalue weighted by Crippen LogP contribution is -2.23. The Kier molecular flexibility index (Phi) is 6.55. The molecule has 0 saturated carbocycles. The molecule has 0 spiro atoms. The molecule has 3 aromatic rings. The van der Waals surface area contributed by atoms with Crippen LogP contribution in [-0.4, -0.2) is 54.7 Å². The molecule has 0 unspecified atom stereocenters. The molecule has 1 aromatic heterocycles. The van der Waals surface area contributed by atoms with E-state index in [0.29, 0.717) is 18.2 Å². The number of pyridine rings is 1. The first-order valence-electron chi connectivity index (χ1n) is 12.3. The number of benzene rings is 2. The number of carbonyl (C=O) groups is 1. The van der Waals surface area contributed by atoms with Gasteiger partial charge in [-0.1, -0.05) is 24.3 Å². The summed E-state index contributed by atoms with van der Waals surface area (Å²) in [5.74, 6) is -0.584. The van der Waals surface area contributed by atoms with Crippen molar-refractivity contribution in [1.82, 2.24) is 9.88 Å². The summed E-state index contributed by atoms with van der Waals surface area (Å²) < 4.78 is 0. The van der Waals surface area contributed by atoms with Crippen molar-refractivity contribution in [2.45, 2.75) is 25.2 Å². The zero-order valence-corrected chi connectivity index (χ0v) is 20.4. The van der Waals surface area contributed by atoms with Crippen molar-refractivity contribution >= 4 is 28.6 Å². The number of rotatable bonds is 7. The predicted molar refractivity (Wildman–Crippen MR) is 142 cm³/mol. The number of anilines is 3. The first-order valence-corrected chi connectivity index (χ1v) is 12.3. The highest BCUT2D eigenvalue weighted by Gasteiger charge is 2.24. The minimum absolute atomic E-state index is 0.258. The van der Waals surface area contributed by atoms with E-state index in [0.717, 1.165) is 32.4 Å². The van der Waals surface area contributed by atoms with Crippen LogP contribution in [0.2, 0.25) is 0 Å². The molecule has 0 saturated heterocycles. The van der Waals surface area contributed by atoms with Crippen molar-refractivity contribution in [1.29, 1.82) is 0 Å². The van der Waals surface area contributed by atoms with E-state index in [9.17, 15) is 9.90 Å². The largest absolute Gasteiger partial charge is 0.478 e. The van der Waals surface area contributed by atoms with Gasteiger partial charge in [-0.15, -0.1) is 0 Å². The number of nitrogens with one attached hydrogen (secondary N) is 1. The van der Waals surface area contributed by atoms with Crippen molar-refractivity contribution in [2.24, 2.45) is 0 Å². The van der Waals surface area contributed by atoms with Crippen LogP contribution in [-0.2, 0) is 6.42 Å². The molecule has 1 aliphatic heterocycles. The highest BCUT2D eigenvalue weighted by atomic mass is 16.4. The molecule has 1 aliphatic carbocycles. The third-order valence-corrected chi connectivity index (χ3v) is 7.34. The van der Waals surface area contributed by atoms with E-state index >= 15 is 0 Å². The summed E-state index contributed by atoms with van der Waals surface area (Å²) in [7, 11) is 4.28. The molecule has 35 heavy (non-hydrogen) atoms. The molecular weight excluding hydrogens is 436 g/mol. The van der Waals surface area contributed by atoms with Crippen LogP contribution in [0.25, 0.3) is 5.57 Å². The van der Waals surface area contributed by atoms with Gasteiger partial charge in [0, 0.05) is 50.2 Å². The SMILES string of the molecule is CN1CC=C(c2ccc(N(C)c3ccc4c(c3)CC[C@H]4CNc3cnccc3C(=O)O)cc2)CC1. The van der Waals surface area contributed by atoms with Gasteiger partial charge in [0.2, 0.25) is 0 Å². The quantitative estimate of drug-likeness (QED) is 0.483. The molecule has 0 bridgehead atoms. The number of nitrogens with zero attached hydrogens (tertiary/aromatic N) is 3. The topological polar surface area (TPSA) is 68.7 Å². The van der Waals surface area contributed by atoms with Crippen molar-refractivity contribution < 1.29 is 9.90 Å². The van der Waals surface area contributed by atoms with Crippen molar-refractivity contribution in [3.05, 3.63) is 89.3 Å². The summed E-state index contributed by atoms with van der Waals surface area (Å²) in [4.78, 5) is 20.1. The Morgan fingerprint density at radius 1 is 1.14 bits per heavy atom. The average molecular weight is 469 g/mol. The zero-order chi connectivity index (χ0) is 24.4. The number of fused-ring (bicyclic) bond motifs is 1. The van der Waals surface area contributed by atoms with Crippen LogP contribution in [0.15, 0.2) is 67.0 Å². The third-order valence-electron chi connectivity index (χ3n) is 7.34. The van der Waals surface area contributed by atoms with Gasteiger partial charge in [-0.3, -0.25) is 4.98 Å². The van der Waals surface area contributed by atoms with Crippen LogP contribution < -0.4 is 10.2 Å². The number of hydrogen-bond donors (Lipinski definition) is 2. The molecule has 6 heteroatoms. The Balaban J connectivity index is 1.27. The van der Waals surface area contributed by atoms with Crippen LogP contribution in [0.3, 0.4) is 0 Å². The minimum Gasteiger partial charge on any atom is -0.478 e. The Bertz CT molecular complexity index is 1250. The number of likely N-dealkylation sites (N-methyl/N-ethyl adjacent to an activating group) is 1. The zero-order valence-electron chi connectivity index (χ0n) is 20.4. The fourth-order valence-corrected chi connectivity index (χ4v) is 5.15. The van der Waals surface area contributed by atoms with Crippen molar-refractivity contribution in [3.63, 3.8) is 0 Å². The standard InChI is InChI=1S/C29H32N4O2/c1-32-15-12-21(13-16-32)20-5-7-24(8-6-20)33(2)25-9-10-26-22(17-25)3-4-23(26)18-31-28-19-30-14-11-27(28)29(34)35/h5-12,14,17,19,23,31H,3-4,13,15-16,18H2,1-2H3,(H,34,35)/t23-/m0/s1. The highest BCUT2D eigenvalue weighted by molar-refractivity contribution is 5.93. The van der Waals surface area contributed by atoms with E-state index in [4.69, 9.17) is 0 Å². The number of aryl methyl sites for hydroxylation is 1. The van der Waals surface area contributed by atoms with Crippen LogP contribution >= 0.6 is 0 Å². The van der Waals surface area contributed by atoms with E-state index in [1.54, 1.807) is 6.20 Å². The maximum atomic E-state index is 11.5. The van der Waals surface area contributed by atoms with Crippen LogP contribution in [0.1, 0.15) is 45.8 Å². The Morgan fingerprint density at radius 2 is 1.94 bits per heavy atom. The summed E-state index contributed by atoms with van der Waals surface area (Å²) in [6.45, 7) is 2.83. The fourth-order valence-electron chi connectivity index (χ4n) is 5.15. The van der Waals surface area contributed by atoms with Crippen molar-refractivity contribution in [3.8, 4) is 0 Å². The lowest BCUT2D eigenvalue weighted by atomic mass is 9.99. The van der Waals surface area contributed by atoms with E-state index in [1.807, 2.05) is 0 Å². The third kappa shape index (κ3) is 4.93. The van der Waals surface area contributed by atoms with Gasteiger partial charge in [-0.05, 0) is 78.9 Å². The fraction of sp³-hybridized carbons (Fsp3) is 0.310. The van der Waals surface area contributed by atoms with Gasteiger partial charge in [0.05, 0.1) is 17.4 Å². The molecule has 1 atom stereocenters. The summed E-state index contributed by atoms with van der Waals surface area (Å²) >= 11 is 0. The second-order valence-electron chi connectivity index (χ2n) is 9.57. The monoisotopic (exact) mass is 468 g/mol. The van der Waals surface area contributed by atoms with E-state index < -0.39 is 5.97 Å². The molecule has 0 radical (unpaired) electrons. The maximum Gasteiger partial charge on any atom is 0.337 e. The van der Waals surface area contributed by atoms with E-state index in [2.05, 4.69) is 82.7 Å². The summed E-state index contributed by atoms with van der Waals surface area (Å²) in [5.41, 5.74) is 8.67. The number of carboxylic acids is 1. The predicted octanol–water partition coefficient (Wildman–Crippen LogP) is 5.41. The van der Waals surface area contributed by atoms with Gasteiger partial charge in [0.25, 0.3) is 0 Å². The summed E-state index contributed by atoms with van der Waals surface area (Å²) in [6, 6.07) is 17.2. The van der Waals surface area contributed by atoms with Crippen LogP contribution in [0.5, 0.6) is 0 Å². The second-order valence-corrected chi connectivity index (χ2v) is 9.57. The summed E-state index contributed by atoms with van der Waals surface area (Å²) in [5, 5.41) is 12.7. The molecule has 0 amide bonds. The van der Waals surface area contributed by atoms with Crippen molar-refractivity contribution in [2.75, 3.05) is 43.9 Å². The minimum atomic E-state index is -0.939. The lowest BCUT2D eigenvalue weighted by Gasteiger charge is -2.24. The average Bonchev–Trinajstić information content (AvgIpc) is 3.30. The molecule has 180 valence electrons. The molecule has 2 N–H and O–H groups in total. The Morgan fingerprint density at radius 3 is 2.69 bits per heavy atom. The molecule has 2 aromatic carbocycles. The smallest absolute Gasteiger partial charge is 0.337 e. The van der Waals surface area contributed by atoms with Gasteiger partial charge in [-0.2, -0.15) is 0 Å². The lowest BCUT2D eigenvalue weighted by molar-refractivity contribution is 0.0697. The Labute approximate surface area is 206 Å². The molecule has 2 aliphatic rings. The van der Waals surface area contributed by atoms with Crippen LogP contribution in [0, 0.1) is 0 Å². The first kappa shape index (κ1) is 23.1. The van der Waals surface area contributed by atoms with Crippen LogP contribution in [0.4, 0.5) is 17.1 Å². The van der Waals surface area contributed by atoms with E-state index in [-0.39, 0.29) is 5.56 Å². The highest BCUT2D eigenvalue weighted by Crippen LogP contribution is 2.37. The first-order chi connectivity index (χ1) is 17.0. The number of hydrogen-bond acceptors (Lipinski definition) is 5. The number of aromatic carboxylic acids is 1. The maximum absolute atomic E-state index is 11.5. The molecule has 2 heterocycles. The second kappa shape index (κ2) is 9.92. The molecular formula is C29H32N4O2.